The van der Waals surface area contributed by atoms with E-state index < -0.39 is 11.8 Å². The molecule has 3 N–H and O–H groups in total. The van der Waals surface area contributed by atoms with Gasteiger partial charge in [-0.3, -0.25) is 4.98 Å². The molecule has 0 aliphatic carbocycles. The van der Waals surface area contributed by atoms with E-state index in [2.05, 4.69) is 15.0 Å². The van der Waals surface area contributed by atoms with Gasteiger partial charge >= 0.3 is 5.97 Å². The van der Waals surface area contributed by atoms with Crippen molar-refractivity contribution in [2.24, 2.45) is 0 Å². The number of carboxylic acids is 1. The van der Waals surface area contributed by atoms with Gasteiger partial charge in [0.25, 0.3) is 0 Å². The summed E-state index contributed by atoms with van der Waals surface area (Å²) in [7, 11) is 0. The first kappa shape index (κ1) is 21.5. The van der Waals surface area contributed by atoms with Crippen LogP contribution in [0.4, 0.5) is 4.39 Å². The van der Waals surface area contributed by atoms with Crippen LogP contribution in [0, 0.1) is 5.82 Å². The second-order valence-corrected chi connectivity index (χ2v) is 8.33. The fourth-order valence-electron chi connectivity index (χ4n) is 4.34. The molecule has 0 fully saturated rings. The molecule has 0 unspecified atom stereocenters. The summed E-state index contributed by atoms with van der Waals surface area (Å²) in [5, 5.41) is 10.8. The second-order valence-electron chi connectivity index (χ2n) is 8.33. The number of nitrogens with one attached hydrogen (secondary N) is 2. The number of ether oxygens (including phenoxy) is 1. The third kappa shape index (κ3) is 3.81. The van der Waals surface area contributed by atoms with Crippen molar-refractivity contribution in [1.82, 2.24) is 15.0 Å². The van der Waals surface area contributed by atoms with Crippen LogP contribution < -0.4 is 4.74 Å². The van der Waals surface area contributed by atoms with Crippen molar-refractivity contribution in [3.8, 4) is 33.9 Å². The predicted molar refractivity (Wildman–Crippen MR) is 129 cm³/mol. The molecular weight excluding hydrogens is 433 g/mol. The van der Waals surface area contributed by atoms with Gasteiger partial charge in [-0.2, -0.15) is 0 Å². The first-order valence-electron chi connectivity index (χ1n) is 10.9. The normalized spacial score (nSPS) is 11.3. The quantitative estimate of drug-likeness (QED) is 0.258. The Morgan fingerprint density at radius 3 is 2.41 bits per heavy atom. The molecule has 170 valence electrons. The van der Waals surface area contributed by atoms with Crippen molar-refractivity contribution in [2.75, 3.05) is 0 Å². The molecule has 5 aromatic rings. The Labute approximate surface area is 195 Å². The number of hydrogen-bond donors (Lipinski definition) is 3. The zero-order chi connectivity index (χ0) is 23.8. The Morgan fingerprint density at radius 2 is 1.74 bits per heavy atom. The van der Waals surface area contributed by atoms with E-state index in [1.54, 1.807) is 42.9 Å². The molecular formula is C27H22FN3O3. The van der Waals surface area contributed by atoms with Crippen LogP contribution in [0.3, 0.4) is 0 Å². The molecule has 0 spiro atoms. The van der Waals surface area contributed by atoms with Gasteiger partial charge in [0.15, 0.2) is 0 Å². The van der Waals surface area contributed by atoms with Crippen molar-refractivity contribution in [2.45, 2.75) is 19.8 Å². The van der Waals surface area contributed by atoms with Gasteiger partial charge < -0.3 is 19.8 Å². The van der Waals surface area contributed by atoms with Gasteiger partial charge in [0.1, 0.15) is 23.0 Å². The molecule has 0 atom stereocenters. The highest BCUT2D eigenvalue weighted by molar-refractivity contribution is 6.02. The van der Waals surface area contributed by atoms with Crippen LogP contribution in [0.1, 0.15) is 35.8 Å². The van der Waals surface area contributed by atoms with Gasteiger partial charge in [-0.1, -0.05) is 26.0 Å². The average molecular weight is 455 g/mol. The van der Waals surface area contributed by atoms with Crippen molar-refractivity contribution in [1.29, 1.82) is 0 Å². The van der Waals surface area contributed by atoms with Crippen LogP contribution in [0.2, 0.25) is 0 Å². The predicted octanol–water partition coefficient (Wildman–Crippen LogP) is 6.98. The smallest absolute Gasteiger partial charge is 0.352 e. The molecule has 0 amide bonds. The van der Waals surface area contributed by atoms with E-state index in [9.17, 15) is 14.3 Å². The number of aromatic carboxylic acids is 1. The number of halogens is 1. The molecule has 2 aromatic carbocycles. The lowest BCUT2D eigenvalue weighted by molar-refractivity contribution is 0.0692. The summed E-state index contributed by atoms with van der Waals surface area (Å²) < 4.78 is 20.3. The minimum absolute atomic E-state index is 0.0284. The number of hydrogen-bond acceptors (Lipinski definition) is 3. The van der Waals surface area contributed by atoms with E-state index in [0.717, 1.165) is 16.5 Å². The minimum atomic E-state index is -1.08. The van der Waals surface area contributed by atoms with Gasteiger partial charge in [-0.15, -0.1) is 0 Å². The number of H-pyrrole nitrogens is 2. The van der Waals surface area contributed by atoms with E-state index in [1.807, 2.05) is 32.0 Å². The fourth-order valence-corrected chi connectivity index (χ4v) is 4.34. The molecule has 0 aliphatic heterocycles. The molecule has 0 radical (unpaired) electrons. The fraction of sp³-hybridized carbons (Fsp3) is 0.111. The Balaban J connectivity index is 1.66. The molecule has 3 aromatic heterocycles. The molecule has 7 heteroatoms. The van der Waals surface area contributed by atoms with E-state index in [0.29, 0.717) is 33.8 Å². The lowest BCUT2D eigenvalue weighted by atomic mass is 9.90. The lowest BCUT2D eigenvalue weighted by Gasteiger charge is -2.13. The largest absolute Gasteiger partial charge is 0.477 e. The molecule has 0 saturated carbocycles. The van der Waals surface area contributed by atoms with E-state index in [-0.39, 0.29) is 11.6 Å². The molecule has 5 rings (SSSR count). The monoisotopic (exact) mass is 455 g/mol. The summed E-state index contributed by atoms with van der Waals surface area (Å²) in [6.45, 7) is 3.99. The third-order valence-electron chi connectivity index (χ3n) is 5.76. The number of carbonyl (C=O) groups is 1. The molecule has 0 saturated heterocycles. The van der Waals surface area contributed by atoms with Crippen molar-refractivity contribution in [3.05, 3.63) is 90.3 Å². The topological polar surface area (TPSA) is 91.0 Å². The Bertz CT molecular complexity index is 1490. The Morgan fingerprint density at radius 1 is 1.03 bits per heavy atom. The van der Waals surface area contributed by atoms with Crippen molar-refractivity contribution in [3.63, 3.8) is 0 Å². The second kappa shape index (κ2) is 8.51. The van der Waals surface area contributed by atoms with Crippen molar-refractivity contribution >= 4 is 16.9 Å². The van der Waals surface area contributed by atoms with Crippen LogP contribution >= 0.6 is 0 Å². The van der Waals surface area contributed by atoms with E-state index in [4.69, 9.17) is 4.74 Å². The summed E-state index contributed by atoms with van der Waals surface area (Å²) >= 11 is 0. The standard InChI is InChI=1S/C27H22FN3O3/c1-15(2)23-24(16-3-5-18(6-4-16)34-19-7-10-29-11-8-19)26(27(32)33)31-25(23)21-13-17(28)14-22-20(21)9-12-30-22/h3-15,30-31H,1-2H3,(H,32,33). The zero-order valence-corrected chi connectivity index (χ0v) is 18.6. The number of nitrogens with zero attached hydrogens (tertiary/aromatic N) is 1. The number of carboxylic acid groups (broad SMARTS) is 1. The van der Waals surface area contributed by atoms with Crippen LogP contribution in [0.5, 0.6) is 11.5 Å². The van der Waals surface area contributed by atoms with Crippen LogP contribution in [0.25, 0.3) is 33.3 Å². The van der Waals surface area contributed by atoms with Gasteiger partial charge in [-0.05, 0) is 59.5 Å². The zero-order valence-electron chi connectivity index (χ0n) is 18.6. The molecule has 0 aliphatic rings. The highest BCUT2D eigenvalue weighted by Gasteiger charge is 2.26. The summed E-state index contributed by atoms with van der Waals surface area (Å²) in [5.74, 6) is -0.234. The molecule has 3 heterocycles. The van der Waals surface area contributed by atoms with E-state index >= 15 is 0 Å². The number of aromatic amines is 2. The summed E-state index contributed by atoms with van der Waals surface area (Å²) in [6.07, 6.45) is 5.03. The maximum Gasteiger partial charge on any atom is 0.352 e. The number of rotatable bonds is 6. The van der Waals surface area contributed by atoms with Gasteiger partial charge in [0.2, 0.25) is 0 Å². The van der Waals surface area contributed by atoms with Crippen LogP contribution in [0.15, 0.2) is 73.2 Å². The lowest BCUT2D eigenvalue weighted by Crippen LogP contribution is -2.00. The van der Waals surface area contributed by atoms with Gasteiger partial charge in [-0.25, -0.2) is 9.18 Å². The summed E-state index contributed by atoms with van der Waals surface area (Å²) in [6, 6.07) is 15.5. The Kier molecular flexibility index (Phi) is 5.37. The number of fused-ring (bicyclic) bond motifs is 1. The van der Waals surface area contributed by atoms with Crippen LogP contribution in [-0.2, 0) is 0 Å². The molecule has 34 heavy (non-hydrogen) atoms. The number of aromatic nitrogens is 3. The molecule has 6 nitrogen and oxygen atoms in total. The van der Waals surface area contributed by atoms with Crippen molar-refractivity contribution < 1.29 is 19.0 Å². The highest BCUT2D eigenvalue weighted by atomic mass is 19.1. The maximum atomic E-state index is 14.4. The van der Waals surface area contributed by atoms with E-state index in [1.165, 1.54) is 12.1 Å². The van der Waals surface area contributed by atoms with Gasteiger partial charge in [0, 0.05) is 40.6 Å². The van der Waals surface area contributed by atoms with Gasteiger partial charge in [0.05, 0.1) is 5.69 Å². The average Bonchev–Trinajstić information content (AvgIpc) is 3.45. The Hall–Kier alpha value is -4.39. The summed E-state index contributed by atoms with van der Waals surface area (Å²) in [4.78, 5) is 22.4. The summed E-state index contributed by atoms with van der Waals surface area (Å²) in [5.41, 5.74) is 4.06. The van der Waals surface area contributed by atoms with Crippen LogP contribution in [-0.4, -0.2) is 26.0 Å². The minimum Gasteiger partial charge on any atom is -0.477 e. The first-order chi connectivity index (χ1) is 16.4. The number of pyridine rings is 1. The highest BCUT2D eigenvalue weighted by Crippen LogP contribution is 2.42. The SMILES string of the molecule is CC(C)c1c(-c2cc(F)cc3[nH]ccc23)[nH]c(C(=O)O)c1-c1ccc(Oc2ccncc2)cc1. The third-order valence-corrected chi connectivity index (χ3v) is 5.76. The molecule has 0 bridgehead atoms. The number of benzene rings is 2. The maximum absolute atomic E-state index is 14.4. The first-order valence-corrected chi connectivity index (χ1v) is 10.9.